The van der Waals surface area contributed by atoms with Crippen LogP contribution in [0.3, 0.4) is 0 Å². The molecule has 0 saturated carbocycles. The number of benzene rings is 3. The van der Waals surface area contributed by atoms with Crippen molar-refractivity contribution in [3.8, 4) is 17.4 Å². The molecule has 0 radical (unpaired) electrons. The van der Waals surface area contributed by atoms with Gasteiger partial charge in [0.2, 0.25) is 15.9 Å². The minimum absolute atomic E-state index is 0.128. The number of carbonyl (C=O) groups excluding carboxylic acids is 1. The maximum absolute atomic E-state index is 13.3. The van der Waals surface area contributed by atoms with Crippen molar-refractivity contribution < 1.29 is 27.4 Å². The van der Waals surface area contributed by atoms with Crippen LogP contribution in [0, 0.1) is 0 Å². The Bertz CT molecular complexity index is 2060. The smallest absolute Gasteiger partial charge is 0.319 e. The molecule has 0 unspecified atom stereocenters. The normalized spacial score (nSPS) is 14.3. The molecule has 0 aliphatic carbocycles. The number of fused-ring (bicyclic) bond motifs is 3. The Balaban J connectivity index is 1.25. The van der Waals surface area contributed by atoms with Gasteiger partial charge in [0.15, 0.2) is 4.96 Å². The average molecular weight is 693 g/mol. The first-order valence-electron chi connectivity index (χ1n) is 15.6. The second kappa shape index (κ2) is 13.6. The van der Waals surface area contributed by atoms with Gasteiger partial charge in [-0.25, -0.2) is 13.2 Å². The zero-order valence-electron chi connectivity index (χ0n) is 27.6. The van der Waals surface area contributed by atoms with E-state index in [0.717, 1.165) is 51.3 Å². The van der Waals surface area contributed by atoms with Gasteiger partial charge in [0.1, 0.15) is 22.9 Å². The monoisotopic (exact) mass is 692 g/mol. The SMILES string of the molecule is COc1cc(C(C)(C)C)cc(NS(C)(=O)=O)c1NC(=O)NCc1ccccc1Oc1nc2sc3ccccc3n2c1CN1CCOCC1. The highest BCUT2D eigenvalue weighted by molar-refractivity contribution is 7.92. The first-order chi connectivity index (χ1) is 22.9. The van der Waals surface area contributed by atoms with E-state index in [4.69, 9.17) is 19.2 Å². The maximum atomic E-state index is 13.3. The second-order valence-electron chi connectivity index (χ2n) is 12.7. The lowest BCUT2D eigenvalue weighted by Gasteiger charge is -2.26. The molecule has 5 aromatic rings. The van der Waals surface area contributed by atoms with Crippen LogP contribution in [0.1, 0.15) is 37.6 Å². The minimum atomic E-state index is -3.65. The molecule has 3 aromatic carbocycles. The third-order valence-corrected chi connectivity index (χ3v) is 9.64. The second-order valence-corrected chi connectivity index (χ2v) is 15.4. The first-order valence-corrected chi connectivity index (χ1v) is 18.3. The van der Waals surface area contributed by atoms with Crippen molar-refractivity contribution in [2.45, 2.75) is 39.3 Å². The molecule has 1 aliphatic rings. The Hall–Kier alpha value is -4.37. The van der Waals surface area contributed by atoms with Gasteiger partial charge >= 0.3 is 6.03 Å². The number of ether oxygens (including phenoxy) is 3. The van der Waals surface area contributed by atoms with Crippen LogP contribution in [-0.2, 0) is 33.3 Å². The van der Waals surface area contributed by atoms with Gasteiger partial charge in [-0.2, -0.15) is 4.98 Å². The summed E-state index contributed by atoms with van der Waals surface area (Å²) in [5, 5.41) is 5.66. The predicted molar refractivity (Wildman–Crippen MR) is 189 cm³/mol. The van der Waals surface area contributed by atoms with E-state index in [-0.39, 0.29) is 23.3 Å². The van der Waals surface area contributed by atoms with E-state index in [9.17, 15) is 13.2 Å². The van der Waals surface area contributed by atoms with Gasteiger partial charge in [0.25, 0.3) is 0 Å². The molecular formula is C34H40N6O6S2. The van der Waals surface area contributed by atoms with Gasteiger partial charge in [0.05, 0.1) is 42.5 Å². The van der Waals surface area contributed by atoms with E-state index in [2.05, 4.69) is 36.8 Å². The lowest BCUT2D eigenvalue weighted by atomic mass is 9.86. The number of aromatic nitrogens is 2. The first kappa shape index (κ1) is 33.5. The van der Waals surface area contributed by atoms with Gasteiger partial charge in [-0.05, 0) is 41.3 Å². The summed E-state index contributed by atoms with van der Waals surface area (Å²) in [7, 11) is -2.18. The largest absolute Gasteiger partial charge is 0.494 e. The van der Waals surface area contributed by atoms with Crippen LogP contribution in [0.4, 0.5) is 16.2 Å². The fourth-order valence-corrected chi connectivity index (χ4v) is 7.15. The highest BCUT2D eigenvalue weighted by atomic mass is 32.2. The molecule has 12 nitrogen and oxygen atoms in total. The Morgan fingerprint density at radius 1 is 1.04 bits per heavy atom. The molecule has 3 heterocycles. The third-order valence-electron chi connectivity index (χ3n) is 8.03. The van der Waals surface area contributed by atoms with E-state index in [1.54, 1.807) is 23.5 Å². The minimum Gasteiger partial charge on any atom is -0.494 e. The van der Waals surface area contributed by atoms with Gasteiger partial charge in [-0.1, -0.05) is 62.4 Å². The number of hydrogen-bond acceptors (Lipinski definition) is 9. The molecule has 2 aromatic heterocycles. The molecule has 0 atom stereocenters. The van der Waals surface area contributed by atoms with E-state index in [0.29, 0.717) is 37.1 Å². The summed E-state index contributed by atoms with van der Waals surface area (Å²) in [4.78, 5) is 21.4. The highest BCUT2D eigenvalue weighted by Crippen LogP contribution is 2.39. The quantitative estimate of drug-likeness (QED) is 0.158. The summed E-state index contributed by atoms with van der Waals surface area (Å²) in [5.74, 6) is 1.39. The molecule has 1 saturated heterocycles. The standard InChI is InChI=1S/C34H40N6O6S2/c1-34(2,3)23-18-24(38-48(5,42)43)30(28(19-23)44-4)36-32(41)35-20-22-10-6-8-12-27(22)46-31-26(21-39-14-16-45-17-15-39)40-25-11-7-9-13-29(25)47-33(40)37-31/h6-13,18-19,38H,14-17,20-21H2,1-5H3,(H2,35,36,41). The molecule has 1 fully saturated rings. The van der Waals surface area contributed by atoms with E-state index in [1.165, 1.54) is 7.11 Å². The number of para-hydroxylation sites is 2. The lowest BCUT2D eigenvalue weighted by molar-refractivity contribution is 0.0333. The molecule has 2 amide bonds. The van der Waals surface area contributed by atoms with Crippen molar-refractivity contribution in [1.82, 2.24) is 19.6 Å². The van der Waals surface area contributed by atoms with E-state index in [1.807, 2.05) is 57.2 Å². The van der Waals surface area contributed by atoms with E-state index < -0.39 is 16.1 Å². The summed E-state index contributed by atoms with van der Waals surface area (Å²) in [6.45, 7) is 9.77. The van der Waals surface area contributed by atoms with Crippen LogP contribution in [0.25, 0.3) is 15.2 Å². The van der Waals surface area contributed by atoms with Crippen molar-refractivity contribution >= 4 is 53.9 Å². The van der Waals surface area contributed by atoms with Crippen molar-refractivity contribution in [2.24, 2.45) is 0 Å². The summed E-state index contributed by atoms with van der Waals surface area (Å²) in [6.07, 6.45) is 1.06. The number of methoxy groups -OCH3 is 1. The lowest BCUT2D eigenvalue weighted by Crippen LogP contribution is -2.36. The van der Waals surface area contributed by atoms with Gasteiger partial charge in [-0.3, -0.25) is 14.0 Å². The number of amides is 2. The number of sulfonamides is 1. The number of nitrogens with one attached hydrogen (secondary N) is 3. The number of anilines is 2. The number of imidazole rings is 1. The maximum Gasteiger partial charge on any atom is 0.319 e. The van der Waals surface area contributed by atoms with Crippen molar-refractivity contribution in [3.63, 3.8) is 0 Å². The van der Waals surface area contributed by atoms with Gasteiger partial charge in [0, 0.05) is 31.7 Å². The Labute approximate surface area is 284 Å². The Morgan fingerprint density at radius 2 is 1.77 bits per heavy atom. The van der Waals surface area contributed by atoms with Crippen molar-refractivity contribution in [1.29, 1.82) is 0 Å². The Kier molecular flexibility index (Phi) is 9.52. The number of thiazole rings is 1. The number of carbonyl (C=O) groups is 1. The molecule has 254 valence electrons. The summed E-state index contributed by atoms with van der Waals surface area (Å²) >= 11 is 1.61. The predicted octanol–water partition coefficient (Wildman–Crippen LogP) is 6.17. The van der Waals surface area contributed by atoms with Crippen LogP contribution in [0.15, 0.2) is 60.7 Å². The molecule has 0 bridgehead atoms. The average Bonchev–Trinajstić information content (AvgIpc) is 3.56. The topological polar surface area (TPSA) is 136 Å². The molecule has 14 heteroatoms. The molecule has 48 heavy (non-hydrogen) atoms. The van der Waals surface area contributed by atoms with Crippen LogP contribution >= 0.6 is 11.3 Å². The molecule has 1 aliphatic heterocycles. The van der Waals surface area contributed by atoms with Crippen LogP contribution in [0.5, 0.6) is 17.4 Å². The highest BCUT2D eigenvalue weighted by Gasteiger charge is 2.24. The number of nitrogens with zero attached hydrogens (tertiary/aromatic N) is 3. The zero-order chi connectivity index (χ0) is 34.1. The molecule has 3 N–H and O–H groups in total. The zero-order valence-corrected chi connectivity index (χ0v) is 29.3. The number of morpholine rings is 1. The van der Waals surface area contributed by atoms with Crippen LogP contribution < -0.4 is 24.8 Å². The van der Waals surface area contributed by atoms with Gasteiger partial charge < -0.3 is 24.8 Å². The fraction of sp³-hybridized carbons (Fsp3) is 0.353. The Morgan fingerprint density at radius 3 is 2.50 bits per heavy atom. The summed E-state index contributed by atoms with van der Waals surface area (Å²) in [5.41, 5.74) is 3.70. The summed E-state index contributed by atoms with van der Waals surface area (Å²) < 4.78 is 48.0. The summed E-state index contributed by atoms with van der Waals surface area (Å²) in [6, 6.07) is 18.6. The molecule has 0 spiro atoms. The third kappa shape index (κ3) is 7.51. The number of hydrogen-bond donors (Lipinski definition) is 3. The fourth-order valence-electron chi connectivity index (χ4n) is 5.55. The number of urea groups is 1. The number of rotatable bonds is 10. The molecular weight excluding hydrogens is 653 g/mol. The van der Waals surface area contributed by atoms with Crippen molar-refractivity contribution in [3.05, 3.63) is 77.5 Å². The van der Waals surface area contributed by atoms with Crippen LogP contribution in [-0.4, -0.2) is 68.4 Å². The molecule has 6 rings (SSSR count). The van der Waals surface area contributed by atoms with Gasteiger partial charge in [-0.15, -0.1) is 0 Å². The van der Waals surface area contributed by atoms with E-state index >= 15 is 0 Å². The van der Waals surface area contributed by atoms with Crippen molar-refractivity contribution in [2.75, 3.05) is 49.7 Å². The van der Waals surface area contributed by atoms with Crippen LogP contribution in [0.2, 0.25) is 0 Å².